The van der Waals surface area contributed by atoms with Gasteiger partial charge in [0.2, 0.25) is 5.89 Å². The fourth-order valence-corrected chi connectivity index (χ4v) is 2.28. The molecule has 0 saturated heterocycles. The first-order valence-electron chi connectivity index (χ1n) is 7.02. The molecular weight excluding hydrogens is 248 g/mol. The largest absolute Gasteiger partial charge is 0.436 e. The first-order chi connectivity index (χ1) is 9.86. The van der Waals surface area contributed by atoms with Crippen molar-refractivity contribution in [2.75, 3.05) is 6.54 Å². The summed E-state index contributed by atoms with van der Waals surface area (Å²) in [6.07, 6.45) is 3.29. The van der Waals surface area contributed by atoms with Crippen molar-refractivity contribution in [3.05, 3.63) is 54.1 Å². The fourth-order valence-electron chi connectivity index (χ4n) is 2.28. The topological polar surface area (TPSA) is 52.0 Å². The SMILES string of the molecule is NCCCCc1ccc(-c2nc3ccccc3o2)cc1. The zero-order valence-corrected chi connectivity index (χ0v) is 11.4. The number of fused-ring (bicyclic) bond motifs is 1. The van der Waals surface area contributed by atoms with Gasteiger partial charge in [-0.2, -0.15) is 0 Å². The smallest absolute Gasteiger partial charge is 0.227 e. The molecule has 0 unspecified atom stereocenters. The molecule has 0 amide bonds. The van der Waals surface area contributed by atoms with Crippen LogP contribution in [-0.4, -0.2) is 11.5 Å². The lowest BCUT2D eigenvalue weighted by molar-refractivity contribution is 0.620. The minimum absolute atomic E-state index is 0.680. The number of aryl methyl sites for hydroxylation is 1. The first kappa shape index (κ1) is 12.9. The second-order valence-corrected chi connectivity index (χ2v) is 4.93. The van der Waals surface area contributed by atoms with Crippen molar-refractivity contribution in [1.82, 2.24) is 4.98 Å². The van der Waals surface area contributed by atoms with Crippen molar-refractivity contribution in [3.63, 3.8) is 0 Å². The molecule has 3 rings (SSSR count). The second kappa shape index (κ2) is 5.88. The van der Waals surface area contributed by atoms with Crippen LogP contribution in [-0.2, 0) is 6.42 Å². The zero-order chi connectivity index (χ0) is 13.8. The van der Waals surface area contributed by atoms with Crippen LogP contribution >= 0.6 is 0 Å². The number of rotatable bonds is 5. The molecule has 0 aliphatic heterocycles. The summed E-state index contributed by atoms with van der Waals surface area (Å²) in [6.45, 7) is 0.765. The predicted octanol–water partition coefficient (Wildman–Crippen LogP) is 3.78. The number of hydrogen-bond donors (Lipinski definition) is 1. The maximum absolute atomic E-state index is 5.76. The highest BCUT2D eigenvalue weighted by atomic mass is 16.3. The van der Waals surface area contributed by atoms with Gasteiger partial charge in [-0.1, -0.05) is 24.3 Å². The number of benzene rings is 2. The minimum Gasteiger partial charge on any atom is -0.436 e. The van der Waals surface area contributed by atoms with E-state index in [0.717, 1.165) is 42.5 Å². The fraction of sp³-hybridized carbons (Fsp3) is 0.235. The van der Waals surface area contributed by atoms with E-state index in [9.17, 15) is 0 Å². The van der Waals surface area contributed by atoms with Crippen molar-refractivity contribution < 1.29 is 4.42 Å². The van der Waals surface area contributed by atoms with Crippen LogP contribution in [0.25, 0.3) is 22.6 Å². The van der Waals surface area contributed by atoms with Gasteiger partial charge in [0.25, 0.3) is 0 Å². The molecule has 0 saturated carbocycles. The van der Waals surface area contributed by atoms with E-state index >= 15 is 0 Å². The van der Waals surface area contributed by atoms with Gasteiger partial charge in [0, 0.05) is 5.56 Å². The average molecular weight is 266 g/mol. The van der Waals surface area contributed by atoms with Crippen molar-refractivity contribution in [2.45, 2.75) is 19.3 Å². The lowest BCUT2D eigenvalue weighted by atomic mass is 10.1. The Morgan fingerprint density at radius 2 is 1.75 bits per heavy atom. The molecule has 0 radical (unpaired) electrons. The van der Waals surface area contributed by atoms with Gasteiger partial charge in [0.1, 0.15) is 5.52 Å². The standard InChI is InChI=1S/C17H18N2O/c18-12-4-3-5-13-8-10-14(11-9-13)17-19-15-6-1-2-7-16(15)20-17/h1-2,6-11H,3-5,12,18H2. The molecule has 0 aliphatic rings. The third-order valence-corrected chi connectivity index (χ3v) is 3.41. The first-order valence-corrected chi connectivity index (χ1v) is 7.02. The molecule has 20 heavy (non-hydrogen) atoms. The molecule has 0 spiro atoms. The van der Waals surface area contributed by atoms with Gasteiger partial charge in [-0.05, 0) is 55.6 Å². The quantitative estimate of drug-likeness (QED) is 0.715. The van der Waals surface area contributed by atoms with Crippen LogP contribution in [0.4, 0.5) is 0 Å². The maximum atomic E-state index is 5.76. The molecule has 2 N–H and O–H groups in total. The number of aromatic nitrogens is 1. The van der Waals surface area contributed by atoms with Gasteiger partial charge in [-0.3, -0.25) is 0 Å². The Morgan fingerprint density at radius 3 is 2.50 bits per heavy atom. The highest BCUT2D eigenvalue weighted by Crippen LogP contribution is 2.24. The molecule has 3 nitrogen and oxygen atoms in total. The molecule has 2 aromatic carbocycles. The van der Waals surface area contributed by atoms with E-state index in [1.165, 1.54) is 5.56 Å². The molecule has 0 bridgehead atoms. The summed E-state index contributed by atoms with van der Waals surface area (Å²) >= 11 is 0. The Morgan fingerprint density at radius 1 is 0.950 bits per heavy atom. The summed E-state index contributed by atoms with van der Waals surface area (Å²) in [5, 5.41) is 0. The van der Waals surface area contributed by atoms with Crippen LogP contribution in [0.5, 0.6) is 0 Å². The number of hydrogen-bond acceptors (Lipinski definition) is 3. The normalized spacial score (nSPS) is 11.1. The Balaban J connectivity index is 1.79. The highest BCUT2D eigenvalue weighted by molar-refractivity contribution is 5.75. The van der Waals surface area contributed by atoms with E-state index in [1.807, 2.05) is 24.3 Å². The lowest BCUT2D eigenvalue weighted by Gasteiger charge is -2.01. The Hall–Kier alpha value is -2.13. The van der Waals surface area contributed by atoms with Crippen LogP contribution in [0.15, 0.2) is 52.9 Å². The van der Waals surface area contributed by atoms with Crippen LogP contribution in [0, 0.1) is 0 Å². The number of nitrogens with zero attached hydrogens (tertiary/aromatic N) is 1. The molecular formula is C17H18N2O. The summed E-state index contributed by atoms with van der Waals surface area (Å²) < 4.78 is 5.76. The van der Waals surface area contributed by atoms with Crippen molar-refractivity contribution >= 4 is 11.1 Å². The van der Waals surface area contributed by atoms with Gasteiger partial charge in [0.05, 0.1) is 0 Å². The third-order valence-electron chi connectivity index (χ3n) is 3.41. The van der Waals surface area contributed by atoms with E-state index in [4.69, 9.17) is 10.2 Å². The van der Waals surface area contributed by atoms with Crippen molar-refractivity contribution in [2.24, 2.45) is 5.73 Å². The molecule has 102 valence electrons. The lowest BCUT2D eigenvalue weighted by Crippen LogP contribution is -1.98. The molecule has 0 aliphatic carbocycles. The molecule has 0 atom stereocenters. The molecule has 0 fully saturated rings. The molecule has 3 heteroatoms. The highest BCUT2D eigenvalue weighted by Gasteiger charge is 2.07. The van der Waals surface area contributed by atoms with E-state index in [0.29, 0.717) is 5.89 Å². The van der Waals surface area contributed by atoms with Gasteiger partial charge in [-0.25, -0.2) is 4.98 Å². The summed E-state index contributed by atoms with van der Waals surface area (Å²) in [7, 11) is 0. The summed E-state index contributed by atoms with van der Waals surface area (Å²) in [5.74, 6) is 0.680. The Kier molecular flexibility index (Phi) is 3.79. The summed E-state index contributed by atoms with van der Waals surface area (Å²) in [4.78, 5) is 4.50. The van der Waals surface area contributed by atoms with Gasteiger partial charge < -0.3 is 10.2 Å². The average Bonchev–Trinajstić information content (AvgIpc) is 2.92. The van der Waals surface area contributed by atoms with Crippen LogP contribution in [0.3, 0.4) is 0 Å². The van der Waals surface area contributed by atoms with Crippen LogP contribution in [0.1, 0.15) is 18.4 Å². The number of para-hydroxylation sites is 2. The van der Waals surface area contributed by atoms with Gasteiger partial charge in [0.15, 0.2) is 5.58 Å². The number of unbranched alkanes of at least 4 members (excludes halogenated alkanes) is 1. The summed E-state index contributed by atoms with van der Waals surface area (Å²) in [6, 6.07) is 16.2. The van der Waals surface area contributed by atoms with E-state index in [1.54, 1.807) is 0 Å². The van der Waals surface area contributed by atoms with Gasteiger partial charge >= 0.3 is 0 Å². The molecule has 1 heterocycles. The van der Waals surface area contributed by atoms with E-state index in [-0.39, 0.29) is 0 Å². The number of nitrogens with two attached hydrogens (primary N) is 1. The Labute approximate surface area is 118 Å². The Bertz CT molecular complexity index is 653. The maximum Gasteiger partial charge on any atom is 0.227 e. The molecule has 1 aromatic heterocycles. The predicted molar refractivity (Wildman–Crippen MR) is 81.4 cm³/mol. The zero-order valence-electron chi connectivity index (χ0n) is 11.4. The summed E-state index contributed by atoms with van der Waals surface area (Å²) in [5.41, 5.74) is 9.58. The van der Waals surface area contributed by atoms with Gasteiger partial charge in [-0.15, -0.1) is 0 Å². The number of oxazole rings is 1. The van der Waals surface area contributed by atoms with Crippen LogP contribution in [0.2, 0.25) is 0 Å². The van der Waals surface area contributed by atoms with Crippen LogP contribution < -0.4 is 5.73 Å². The third kappa shape index (κ3) is 2.73. The van der Waals surface area contributed by atoms with Crippen molar-refractivity contribution in [1.29, 1.82) is 0 Å². The monoisotopic (exact) mass is 266 g/mol. The van der Waals surface area contributed by atoms with Crippen molar-refractivity contribution in [3.8, 4) is 11.5 Å². The molecule has 3 aromatic rings. The second-order valence-electron chi connectivity index (χ2n) is 4.93. The van der Waals surface area contributed by atoms with E-state index in [2.05, 4.69) is 29.2 Å². The minimum atomic E-state index is 0.680. The van der Waals surface area contributed by atoms with E-state index < -0.39 is 0 Å².